The van der Waals surface area contributed by atoms with Crippen molar-refractivity contribution in [1.29, 1.82) is 0 Å². The molecule has 1 aromatic carbocycles. The highest BCUT2D eigenvalue weighted by Crippen LogP contribution is 2.24. The molecule has 0 aliphatic carbocycles. The molecule has 2 aromatic rings. The predicted molar refractivity (Wildman–Crippen MR) is 96.4 cm³/mol. The van der Waals surface area contributed by atoms with Gasteiger partial charge in [0, 0.05) is 31.6 Å². The maximum absolute atomic E-state index is 12.8. The Morgan fingerprint density at radius 1 is 1.12 bits per heavy atom. The molecule has 0 saturated carbocycles. The Bertz CT molecular complexity index is 833. The molecular weight excluding hydrogens is 360 g/mol. The number of hydrogen-bond acceptors (Lipinski definition) is 5. The van der Waals surface area contributed by atoms with Crippen molar-refractivity contribution in [2.45, 2.75) is 17.9 Å². The van der Waals surface area contributed by atoms with Crippen LogP contribution in [-0.4, -0.2) is 54.9 Å². The maximum Gasteiger partial charge on any atom is 0.345 e. The van der Waals surface area contributed by atoms with Gasteiger partial charge in [-0.05, 0) is 24.6 Å². The minimum absolute atomic E-state index is 0.0408. The first-order valence-electron chi connectivity index (χ1n) is 8.05. The predicted octanol–water partition coefficient (Wildman–Crippen LogP) is 2.34. The van der Waals surface area contributed by atoms with Crippen molar-refractivity contribution in [1.82, 2.24) is 9.21 Å². The van der Waals surface area contributed by atoms with Gasteiger partial charge in [0.2, 0.25) is 10.0 Å². The van der Waals surface area contributed by atoms with Crippen LogP contribution in [0.2, 0.25) is 0 Å². The summed E-state index contributed by atoms with van der Waals surface area (Å²) in [5, 5.41) is 10.4. The first kappa shape index (κ1) is 18.1. The van der Waals surface area contributed by atoms with Crippen LogP contribution in [0.25, 0.3) is 0 Å². The Kier molecular flexibility index (Phi) is 5.53. The molecule has 134 valence electrons. The van der Waals surface area contributed by atoms with Crippen molar-refractivity contribution in [2.24, 2.45) is 0 Å². The zero-order valence-corrected chi connectivity index (χ0v) is 15.3. The lowest BCUT2D eigenvalue weighted by atomic mass is 10.2. The molecule has 2 heterocycles. The molecule has 0 bridgehead atoms. The zero-order valence-electron chi connectivity index (χ0n) is 13.7. The molecule has 25 heavy (non-hydrogen) atoms. The lowest BCUT2D eigenvalue weighted by Crippen LogP contribution is -2.35. The van der Waals surface area contributed by atoms with E-state index in [0.717, 1.165) is 30.8 Å². The van der Waals surface area contributed by atoms with Crippen molar-refractivity contribution in [3.8, 4) is 0 Å². The third-order valence-electron chi connectivity index (χ3n) is 4.22. The van der Waals surface area contributed by atoms with Gasteiger partial charge in [0.25, 0.3) is 0 Å². The monoisotopic (exact) mass is 380 g/mol. The molecule has 1 aliphatic rings. The molecular formula is C17H20N2O4S2. The first-order chi connectivity index (χ1) is 12.0. The Labute approximate surface area is 151 Å². The quantitative estimate of drug-likeness (QED) is 0.861. The second kappa shape index (κ2) is 7.65. The molecule has 1 aliphatic heterocycles. The van der Waals surface area contributed by atoms with Crippen molar-refractivity contribution in [3.63, 3.8) is 0 Å². The number of rotatable bonds is 5. The highest BCUT2D eigenvalue weighted by molar-refractivity contribution is 7.89. The highest BCUT2D eigenvalue weighted by Gasteiger charge is 2.28. The molecule has 1 N–H and O–H groups in total. The van der Waals surface area contributed by atoms with Crippen LogP contribution in [0.5, 0.6) is 0 Å². The highest BCUT2D eigenvalue weighted by atomic mass is 32.2. The number of carboxylic acids is 1. The second-order valence-electron chi connectivity index (χ2n) is 5.97. The van der Waals surface area contributed by atoms with E-state index in [0.29, 0.717) is 19.6 Å². The number of sulfonamides is 1. The summed E-state index contributed by atoms with van der Waals surface area (Å²) in [5.74, 6) is -1.10. The van der Waals surface area contributed by atoms with E-state index in [9.17, 15) is 13.2 Å². The number of aromatic carboxylic acids is 1. The minimum Gasteiger partial charge on any atom is -0.477 e. The molecule has 0 unspecified atom stereocenters. The van der Waals surface area contributed by atoms with Gasteiger partial charge >= 0.3 is 5.97 Å². The first-order valence-corrected chi connectivity index (χ1v) is 10.4. The minimum atomic E-state index is -3.64. The fourth-order valence-electron chi connectivity index (χ4n) is 2.90. The lowest BCUT2D eigenvalue weighted by molar-refractivity contribution is 0.0702. The van der Waals surface area contributed by atoms with E-state index in [1.54, 1.807) is 0 Å². The van der Waals surface area contributed by atoms with Gasteiger partial charge in [-0.3, -0.25) is 4.90 Å². The summed E-state index contributed by atoms with van der Waals surface area (Å²) in [4.78, 5) is 13.4. The van der Waals surface area contributed by atoms with Gasteiger partial charge in [-0.15, -0.1) is 11.3 Å². The van der Waals surface area contributed by atoms with E-state index in [1.165, 1.54) is 21.3 Å². The van der Waals surface area contributed by atoms with Crippen LogP contribution >= 0.6 is 11.3 Å². The number of carboxylic acid groups (broad SMARTS) is 1. The molecule has 6 nitrogen and oxygen atoms in total. The molecule has 1 aromatic heterocycles. The Morgan fingerprint density at radius 2 is 1.88 bits per heavy atom. The van der Waals surface area contributed by atoms with Crippen LogP contribution in [0.3, 0.4) is 0 Å². The summed E-state index contributed by atoms with van der Waals surface area (Å²) in [6, 6.07) is 11.4. The molecule has 3 rings (SSSR count). The van der Waals surface area contributed by atoms with Gasteiger partial charge < -0.3 is 5.11 Å². The fourth-order valence-corrected chi connectivity index (χ4v) is 5.47. The summed E-state index contributed by atoms with van der Waals surface area (Å²) in [6.07, 6.45) is 0.752. The molecule has 0 radical (unpaired) electrons. The third kappa shape index (κ3) is 4.27. The largest absolute Gasteiger partial charge is 0.477 e. The van der Waals surface area contributed by atoms with E-state index in [2.05, 4.69) is 17.0 Å². The topological polar surface area (TPSA) is 77.9 Å². The molecule has 0 atom stereocenters. The van der Waals surface area contributed by atoms with Gasteiger partial charge in [0.05, 0.1) is 4.90 Å². The fraction of sp³-hybridized carbons (Fsp3) is 0.353. The Balaban J connectivity index is 1.68. The lowest BCUT2D eigenvalue weighted by Gasteiger charge is -2.21. The zero-order chi connectivity index (χ0) is 17.9. The maximum atomic E-state index is 12.8. The van der Waals surface area contributed by atoms with Crippen molar-refractivity contribution in [3.05, 3.63) is 52.2 Å². The summed E-state index contributed by atoms with van der Waals surface area (Å²) < 4.78 is 27.0. The summed E-state index contributed by atoms with van der Waals surface area (Å²) in [6.45, 7) is 3.16. The SMILES string of the molecule is O=C(O)c1cc(S(=O)(=O)N2CCCN(Cc3ccccc3)CC2)cs1. The van der Waals surface area contributed by atoms with Gasteiger partial charge in [-0.2, -0.15) is 4.31 Å². The van der Waals surface area contributed by atoms with Crippen molar-refractivity contribution in [2.75, 3.05) is 26.2 Å². The normalized spacial score (nSPS) is 17.3. The number of hydrogen-bond donors (Lipinski definition) is 1. The number of benzene rings is 1. The molecule has 0 spiro atoms. The number of carbonyl (C=O) groups is 1. The van der Waals surface area contributed by atoms with E-state index < -0.39 is 16.0 Å². The van der Waals surface area contributed by atoms with Gasteiger partial charge in [-0.25, -0.2) is 13.2 Å². The molecule has 8 heteroatoms. The average molecular weight is 380 g/mol. The van der Waals surface area contributed by atoms with Crippen LogP contribution in [0, 0.1) is 0 Å². The number of thiophene rings is 1. The van der Waals surface area contributed by atoms with Gasteiger partial charge in [0.15, 0.2) is 0 Å². The smallest absolute Gasteiger partial charge is 0.345 e. The average Bonchev–Trinajstić information content (AvgIpc) is 2.98. The van der Waals surface area contributed by atoms with Crippen LogP contribution in [0.15, 0.2) is 46.7 Å². The summed E-state index contributed by atoms with van der Waals surface area (Å²) >= 11 is 0.940. The van der Waals surface area contributed by atoms with E-state index >= 15 is 0 Å². The van der Waals surface area contributed by atoms with Gasteiger partial charge in [0.1, 0.15) is 4.88 Å². The molecule has 1 fully saturated rings. The second-order valence-corrected chi connectivity index (χ2v) is 8.82. The van der Waals surface area contributed by atoms with E-state index in [1.807, 2.05) is 18.2 Å². The van der Waals surface area contributed by atoms with Crippen LogP contribution < -0.4 is 0 Å². The number of nitrogens with zero attached hydrogens (tertiary/aromatic N) is 2. The van der Waals surface area contributed by atoms with Crippen LogP contribution in [-0.2, 0) is 16.6 Å². The van der Waals surface area contributed by atoms with E-state index in [-0.39, 0.29) is 9.77 Å². The molecule has 0 amide bonds. The summed E-state index contributed by atoms with van der Waals surface area (Å²) in [7, 11) is -3.64. The Hall–Kier alpha value is -1.74. The van der Waals surface area contributed by atoms with Crippen molar-refractivity contribution >= 4 is 27.3 Å². The van der Waals surface area contributed by atoms with Crippen molar-refractivity contribution < 1.29 is 18.3 Å². The van der Waals surface area contributed by atoms with Gasteiger partial charge in [-0.1, -0.05) is 30.3 Å². The third-order valence-corrected chi connectivity index (χ3v) is 7.16. The van der Waals surface area contributed by atoms with Crippen LogP contribution in [0.1, 0.15) is 21.7 Å². The standard InChI is InChI=1S/C17H20N2O4S2/c20-17(21)16-11-15(13-24-16)25(22,23)19-8-4-7-18(9-10-19)12-14-5-2-1-3-6-14/h1-3,5-6,11,13H,4,7-10,12H2,(H,20,21). The Morgan fingerprint density at radius 3 is 2.56 bits per heavy atom. The molecule has 1 saturated heterocycles. The summed E-state index contributed by atoms with van der Waals surface area (Å²) in [5.41, 5.74) is 1.21. The van der Waals surface area contributed by atoms with Crippen LogP contribution in [0.4, 0.5) is 0 Å². The van der Waals surface area contributed by atoms with E-state index in [4.69, 9.17) is 5.11 Å².